The van der Waals surface area contributed by atoms with Gasteiger partial charge in [0.15, 0.2) is 11.5 Å². The third-order valence-electron chi connectivity index (χ3n) is 5.90. The lowest BCUT2D eigenvalue weighted by atomic mass is 10.1. The second kappa shape index (κ2) is 14.4. The molecule has 1 N–H and O–H groups in total. The first-order valence-electron chi connectivity index (χ1n) is 12.8. The third-order valence-corrected chi connectivity index (χ3v) is 7.20. The van der Waals surface area contributed by atoms with Crippen molar-refractivity contribution in [3.8, 4) is 17.2 Å². The molecule has 0 aliphatic carbocycles. The van der Waals surface area contributed by atoms with E-state index in [0.717, 1.165) is 16.9 Å². The van der Waals surface area contributed by atoms with E-state index in [9.17, 15) is 9.59 Å². The summed E-state index contributed by atoms with van der Waals surface area (Å²) in [4.78, 5) is 24.9. The lowest BCUT2D eigenvalue weighted by molar-refractivity contribution is -0.142. The Morgan fingerprint density at radius 3 is 2.30 bits per heavy atom. The average Bonchev–Trinajstić information content (AvgIpc) is 2.95. The molecule has 8 heteroatoms. The van der Waals surface area contributed by atoms with Crippen LogP contribution in [0.25, 0.3) is 0 Å². The number of methoxy groups -OCH3 is 1. The fourth-order valence-electron chi connectivity index (χ4n) is 3.94. The van der Waals surface area contributed by atoms with Gasteiger partial charge in [0.1, 0.15) is 5.75 Å². The van der Waals surface area contributed by atoms with Crippen LogP contribution >= 0.6 is 23.4 Å². The summed E-state index contributed by atoms with van der Waals surface area (Å²) in [5.74, 6) is 2.56. The largest absolute Gasteiger partial charge is 0.493 e. The van der Waals surface area contributed by atoms with Crippen molar-refractivity contribution in [3.63, 3.8) is 0 Å². The van der Waals surface area contributed by atoms with Gasteiger partial charge in [-0.05, 0) is 72.6 Å². The molecule has 0 aliphatic rings. The zero-order valence-corrected chi connectivity index (χ0v) is 23.9. The van der Waals surface area contributed by atoms with E-state index >= 15 is 0 Å². The van der Waals surface area contributed by atoms with Crippen molar-refractivity contribution in [1.82, 2.24) is 0 Å². The Morgan fingerprint density at radius 1 is 0.825 bits per heavy atom. The summed E-state index contributed by atoms with van der Waals surface area (Å²) in [5.41, 5.74) is 4.02. The zero-order chi connectivity index (χ0) is 28.3. The van der Waals surface area contributed by atoms with Crippen LogP contribution in [0.2, 0.25) is 5.02 Å². The number of rotatable bonds is 12. The maximum absolute atomic E-state index is 12.8. The molecular weight excluding hydrogens is 546 g/mol. The van der Waals surface area contributed by atoms with Gasteiger partial charge < -0.3 is 19.5 Å². The lowest BCUT2D eigenvalue weighted by Gasteiger charge is -2.16. The van der Waals surface area contributed by atoms with Gasteiger partial charge in [-0.15, -0.1) is 0 Å². The predicted octanol–water partition coefficient (Wildman–Crippen LogP) is 7.93. The number of halogens is 1. The first-order chi connectivity index (χ1) is 19.4. The van der Waals surface area contributed by atoms with Gasteiger partial charge in [-0.1, -0.05) is 48.0 Å². The SMILES string of the molecule is CCOC(=O)Cc1ccc(OC)c(Oc2ccc(NC(=O)c3ccc(Cl)cc3)cc2CSCc2ccccc2)c1. The van der Waals surface area contributed by atoms with Crippen molar-refractivity contribution >= 4 is 40.9 Å². The standard InChI is InChI=1S/C32H30ClNO5S/c1-3-38-31(35)18-23-9-15-29(37-2)30(17-23)39-28-16-14-27(34-32(36)24-10-12-26(33)13-11-24)19-25(28)21-40-20-22-7-5-4-6-8-22/h4-17,19H,3,18,20-21H2,1-2H3,(H,34,36). The molecule has 6 nitrogen and oxygen atoms in total. The highest BCUT2D eigenvalue weighted by molar-refractivity contribution is 7.97. The molecule has 1 amide bonds. The highest BCUT2D eigenvalue weighted by Gasteiger charge is 2.15. The van der Waals surface area contributed by atoms with Crippen LogP contribution in [-0.4, -0.2) is 25.6 Å². The minimum absolute atomic E-state index is 0.129. The van der Waals surface area contributed by atoms with E-state index in [4.69, 9.17) is 25.8 Å². The van der Waals surface area contributed by atoms with Crippen LogP contribution in [0.1, 0.15) is 34.0 Å². The number of anilines is 1. The highest BCUT2D eigenvalue weighted by atomic mass is 35.5. The van der Waals surface area contributed by atoms with Gasteiger partial charge in [0.2, 0.25) is 0 Å². The Bertz CT molecular complexity index is 1440. The molecular formula is C32H30ClNO5S. The Labute approximate surface area is 243 Å². The van der Waals surface area contributed by atoms with Gasteiger partial charge in [0.05, 0.1) is 20.1 Å². The van der Waals surface area contributed by atoms with Crippen molar-refractivity contribution in [1.29, 1.82) is 0 Å². The second-order valence-electron chi connectivity index (χ2n) is 8.83. The zero-order valence-electron chi connectivity index (χ0n) is 22.3. The summed E-state index contributed by atoms with van der Waals surface area (Å²) >= 11 is 7.70. The van der Waals surface area contributed by atoms with E-state index in [2.05, 4.69) is 17.4 Å². The van der Waals surface area contributed by atoms with E-state index in [1.165, 1.54) is 5.56 Å². The van der Waals surface area contributed by atoms with Gasteiger partial charge in [0.25, 0.3) is 5.91 Å². The fraction of sp³-hybridized carbons (Fsp3) is 0.188. The number of carbonyl (C=O) groups is 2. The van der Waals surface area contributed by atoms with Crippen molar-refractivity contribution in [3.05, 3.63) is 118 Å². The van der Waals surface area contributed by atoms with Crippen LogP contribution in [0.5, 0.6) is 17.2 Å². The summed E-state index contributed by atoms with van der Waals surface area (Å²) in [7, 11) is 1.57. The molecule has 0 heterocycles. The van der Waals surface area contributed by atoms with Crippen molar-refractivity contribution < 1.29 is 23.8 Å². The number of nitrogens with one attached hydrogen (secondary N) is 1. The van der Waals surface area contributed by atoms with Gasteiger partial charge in [-0.3, -0.25) is 9.59 Å². The van der Waals surface area contributed by atoms with E-state index in [1.54, 1.807) is 68.3 Å². The van der Waals surface area contributed by atoms with Crippen LogP contribution < -0.4 is 14.8 Å². The monoisotopic (exact) mass is 575 g/mol. The minimum atomic E-state index is -0.308. The molecule has 4 aromatic rings. The molecule has 0 aliphatic heterocycles. The molecule has 4 rings (SSSR count). The lowest BCUT2D eigenvalue weighted by Crippen LogP contribution is -2.12. The highest BCUT2D eigenvalue weighted by Crippen LogP contribution is 2.37. The van der Waals surface area contributed by atoms with E-state index in [1.807, 2.05) is 36.4 Å². The number of hydrogen-bond donors (Lipinski definition) is 1. The molecule has 40 heavy (non-hydrogen) atoms. The van der Waals surface area contributed by atoms with E-state index in [-0.39, 0.29) is 18.3 Å². The smallest absolute Gasteiger partial charge is 0.310 e. The Hall–Kier alpha value is -3.94. The molecule has 0 spiro atoms. The molecule has 0 saturated carbocycles. The number of ether oxygens (including phenoxy) is 3. The number of hydrogen-bond acceptors (Lipinski definition) is 6. The van der Waals surface area contributed by atoms with Crippen molar-refractivity contribution in [2.75, 3.05) is 19.0 Å². The molecule has 0 fully saturated rings. The number of benzene rings is 4. The summed E-state index contributed by atoms with van der Waals surface area (Å²) in [6, 6.07) is 27.9. The Kier molecular flexibility index (Phi) is 10.5. The van der Waals surface area contributed by atoms with Crippen LogP contribution in [0.4, 0.5) is 5.69 Å². The minimum Gasteiger partial charge on any atom is -0.493 e. The number of esters is 1. The Balaban J connectivity index is 1.58. The Morgan fingerprint density at radius 2 is 1.57 bits per heavy atom. The average molecular weight is 576 g/mol. The third kappa shape index (κ3) is 8.28. The molecule has 4 aromatic carbocycles. The molecule has 0 unspecified atom stereocenters. The van der Waals surface area contributed by atoms with E-state index < -0.39 is 0 Å². The van der Waals surface area contributed by atoms with Crippen molar-refractivity contribution in [2.45, 2.75) is 24.9 Å². The van der Waals surface area contributed by atoms with E-state index in [0.29, 0.717) is 45.9 Å². The second-order valence-corrected chi connectivity index (χ2v) is 10.3. The van der Waals surface area contributed by atoms with Crippen LogP contribution in [0.15, 0.2) is 91.0 Å². The van der Waals surface area contributed by atoms with Crippen LogP contribution in [0, 0.1) is 0 Å². The maximum atomic E-state index is 12.8. The van der Waals surface area contributed by atoms with Crippen LogP contribution in [0.3, 0.4) is 0 Å². The summed E-state index contributed by atoms with van der Waals surface area (Å²) in [6.07, 6.45) is 0.129. The topological polar surface area (TPSA) is 73.9 Å². The predicted molar refractivity (Wildman–Crippen MR) is 161 cm³/mol. The van der Waals surface area contributed by atoms with Crippen LogP contribution in [-0.2, 0) is 27.5 Å². The first-order valence-corrected chi connectivity index (χ1v) is 14.3. The molecule has 0 atom stereocenters. The van der Waals surface area contributed by atoms with Gasteiger partial charge in [-0.2, -0.15) is 11.8 Å². The molecule has 206 valence electrons. The quantitative estimate of drug-likeness (QED) is 0.173. The van der Waals surface area contributed by atoms with Gasteiger partial charge in [-0.25, -0.2) is 0 Å². The maximum Gasteiger partial charge on any atom is 0.310 e. The number of carbonyl (C=O) groups excluding carboxylic acids is 2. The molecule has 0 radical (unpaired) electrons. The first kappa shape index (κ1) is 29.1. The molecule has 0 aromatic heterocycles. The number of thioether (sulfide) groups is 1. The summed E-state index contributed by atoms with van der Waals surface area (Å²) in [5, 5.41) is 3.53. The van der Waals surface area contributed by atoms with Gasteiger partial charge >= 0.3 is 5.97 Å². The van der Waals surface area contributed by atoms with Gasteiger partial charge in [0, 0.05) is 33.3 Å². The summed E-state index contributed by atoms with van der Waals surface area (Å²) < 4.78 is 17.0. The number of amides is 1. The van der Waals surface area contributed by atoms with Crippen molar-refractivity contribution in [2.24, 2.45) is 0 Å². The molecule has 0 saturated heterocycles. The summed E-state index contributed by atoms with van der Waals surface area (Å²) in [6.45, 7) is 2.10. The fourth-order valence-corrected chi connectivity index (χ4v) is 5.04. The normalized spacial score (nSPS) is 10.6. The molecule has 0 bridgehead atoms.